The van der Waals surface area contributed by atoms with E-state index in [9.17, 15) is 0 Å². The van der Waals surface area contributed by atoms with Gasteiger partial charge in [-0.1, -0.05) is 389 Å². The van der Waals surface area contributed by atoms with Gasteiger partial charge in [0.15, 0.2) is 0 Å². The zero-order valence-corrected chi connectivity index (χ0v) is 98.0. The second-order valence-electron chi connectivity index (χ2n) is 43.9. The highest BCUT2D eigenvalue weighted by atomic mass is 32.1. The van der Waals surface area contributed by atoms with Gasteiger partial charge in [0.2, 0.25) is 0 Å². The predicted molar refractivity (Wildman–Crippen MR) is 647 cm³/mol. The van der Waals surface area contributed by atoms with Crippen molar-refractivity contribution >= 4 is 155 Å². The van der Waals surface area contributed by atoms with Gasteiger partial charge in [0, 0.05) is 115 Å². The van der Waals surface area contributed by atoms with E-state index in [1.54, 1.807) is 68.9 Å². The minimum absolute atomic E-state index is 0.388. The fraction of sp³-hybridized carbons (Fsp3) is 0.542. The Morgan fingerprint density at radius 1 is 0.239 bits per heavy atom. The molecule has 0 N–H and O–H groups in total. The van der Waals surface area contributed by atoms with Crippen molar-refractivity contribution in [3.8, 4) is 98.9 Å². The molecule has 11 heterocycles. The number of unbranched alkanes of at least 4 members (excludes halogenated alkanes) is 8. The van der Waals surface area contributed by atoms with Crippen molar-refractivity contribution in [2.24, 2.45) is 53.3 Å². The third-order valence-electron chi connectivity index (χ3n) is 33.2. The van der Waals surface area contributed by atoms with Gasteiger partial charge in [-0.15, -0.1) is 113 Å². The highest BCUT2D eigenvalue weighted by Crippen LogP contribution is 2.61. The molecule has 0 radical (unpaired) electrons. The van der Waals surface area contributed by atoms with Gasteiger partial charge in [0.05, 0.1) is 22.5 Å². The lowest BCUT2D eigenvalue weighted by Gasteiger charge is -2.15. The average molecular weight is 2080 g/mol. The Balaban J connectivity index is 0.819. The van der Waals surface area contributed by atoms with Gasteiger partial charge in [-0.2, -0.15) is 0 Å². The van der Waals surface area contributed by atoms with Crippen molar-refractivity contribution in [3.63, 3.8) is 0 Å². The third-order valence-corrected chi connectivity index (χ3v) is 46.4. The molecule has 0 bridgehead atoms. The lowest BCUT2D eigenvalue weighted by Crippen LogP contribution is -2.04. The van der Waals surface area contributed by atoms with Crippen LogP contribution in [0.4, 0.5) is 0 Å². The molecular formula is C131H170OS10. The molecule has 1 saturated heterocycles. The molecule has 15 aromatic rings. The summed E-state index contributed by atoms with van der Waals surface area (Å²) in [7, 11) is 0. The van der Waals surface area contributed by atoms with E-state index in [2.05, 4.69) is 358 Å². The molecule has 9 unspecified atom stereocenters. The summed E-state index contributed by atoms with van der Waals surface area (Å²) >= 11 is 21.5. The fourth-order valence-corrected chi connectivity index (χ4v) is 36.7. The number of fused-ring (bicyclic) bond motifs is 2. The summed E-state index contributed by atoms with van der Waals surface area (Å²) in [5.41, 5.74) is 18.4. The number of hydrogen-bond acceptors (Lipinski definition) is 11. The number of epoxide rings is 1. The Morgan fingerprint density at radius 3 is 0.697 bits per heavy atom. The number of thiophene rings is 10. The fourth-order valence-electron chi connectivity index (χ4n) is 23.5. The molecule has 1 aliphatic carbocycles. The summed E-state index contributed by atoms with van der Waals surface area (Å²) in [6.45, 7) is 40.0. The van der Waals surface area contributed by atoms with Crippen molar-refractivity contribution < 1.29 is 4.74 Å². The Kier molecular flexibility index (Phi) is 39.6. The smallest absolute Gasteiger partial charge is 0.0850 e. The molecule has 2 fully saturated rings. The molecule has 142 heavy (non-hydrogen) atoms. The topological polar surface area (TPSA) is 12.5 Å². The van der Waals surface area contributed by atoms with Gasteiger partial charge in [-0.3, -0.25) is 0 Å². The maximum atomic E-state index is 5.72. The van der Waals surface area contributed by atoms with Crippen LogP contribution in [0, 0.1) is 53.3 Å². The second-order valence-corrected chi connectivity index (χ2v) is 54.4. The summed E-state index contributed by atoms with van der Waals surface area (Å²) in [5, 5.41) is 8.89. The van der Waals surface area contributed by atoms with Crippen LogP contribution in [-0.2, 0) is 68.9 Å². The molecule has 1 saturated carbocycles. The number of benzene rings is 5. The van der Waals surface area contributed by atoms with Gasteiger partial charge in [0.1, 0.15) is 0 Å². The first-order valence-electron chi connectivity index (χ1n) is 57.5. The van der Waals surface area contributed by atoms with E-state index in [0.29, 0.717) is 53.4 Å². The van der Waals surface area contributed by atoms with E-state index in [4.69, 9.17) is 4.74 Å². The number of ether oxygens (including phenoxy) is 1. The summed E-state index contributed by atoms with van der Waals surface area (Å²) in [4.78, 5) is 27.2. The minimum Gasteiger partial charge on any atom is -0.373 e. The molecule has 2 aliphatic rings. The summed E-state index contributed by atoms with van der Waals surface area (Å²) in [5.74, 6) is 6.07. The Morgan fingerprint density at radius 2 is 0.465 bits per heavy atom. The van der Waals surface area contributed by atoms with Crippen LogP contribution in [0.3, 0.4) is 0 Å². The van der Waals surface area contributed by atoms with Crippen molar-refractivity contribution in [2.75, 3.05) is 6.61 Å². The largest absolute Gasteiger partial charge is 0.373 e. The molecule has 5 aromatic carbocycles. The van der Waals surface area contributed by atoms with Crippen molar-refractivity contribution in [3.05, 3.63) is 189 Å². The van der Waals surface area contributed by atoms with Crippen LogP contribution < -0.4 is 0 Å². The SMILES string of the molecule is CCCCC(CC)Cc1cc(-c2ccc(CC3CC3)cc2)sc1-c1cc(CC(CC)CCCC)c(-c2cc(CC(CC)CCCC)c(-c3cc(CC(CC)CCCC)c(-c4sc5cccc6c7c(-c8sc(-c9sc(-c%10sc(-c%11sc(-c%12ccc(CC%13CO%13)cc%12)cc%11CC(CC)CCCC)cc%10CC(CC)CCCC)cc9CC(CC)CCCC)cc8CC(CC)CCCC)sc8cccc(c4c56)c87)s3)s2)s1. The molecule has 9 atom stereocenters. The van der Waals surface area contributed by atoms with E-state index in [-0.39, 0.29) is 0 Å². The van der Waals surface area contributed by atoms with Gasteiger partial charge in [-0.25, -0.2) is 0 Å². The standard InChI is InChI=1S/C131H170OS10/c1-17-33-43-84(25-9)66-97-75-110(95-61-57-93(58-62-95)65-92-55-56-92)135-122(97)112-77-99(68-86(27-11)45-35-19-3)124(137-112)114-79-101(70-88(29-13)47-37-21-5)126(139-114)116-81-103(72-90(31-15)49-39-23-7)128(141-116)130-120-106-51-41-54-109-119(106)121(107-52-42-53-108(133-130)118(107)120)131(134-109)129-104(73-91(32-16)50-40-24-8)82-117(142-129)127-102(71-89(30-14)48-38-22-6)80-115(140-127)125-100(69-87(28-12)46-36-20-4)78-113(138-125)123-98(67-85(26-10)44-34-18-2)76-111(136-123)96-63-59-94(60-64-96)74-105-83-132-105/h41-42,51-54,57-64,75-82,84-92,105H,17-40,43-50,55-56,65-74,83H2,1-16H3. The highest BCUT2D eigenvalue weighted by molar-refractivity contribution is 7.33. The van der Waals surface area contributed by atoms with Gasteiger partial charge in [0.25, 0.3) is 0 Å². The van der Waals surface area contributed by atoms with Crippen LogP contribution in [0.1, 0.15) is 385 Å². The summed E-state index contributed by atoms with van der Waals surface area (Å²) in [6, 6.07) is 56.5. The van der Waals surface area contributed by atoms with Crippen molar-refractivity contribution in [1.29, 1.82) is 0 Å². The maximum Gasteiger partial charge on any atom is 0.0850 e. The lowest BCUT2D eigenvalue weighted by atomic mass is 9.89. The first kappa shape index (κ1) is 108. The molecule has 1 aliphatic heterocycles. The number of rotatable bonds is 62. The first-order chi connectivity index (χ1) is 69.6. The Hall–Kier alpha value is -5.64. The molecule has 17 rings (SSSR count). The quantitative estimate of drug-likeness (QED) is 0.0273. The van der Waals surface area contributed by atoms with E-state index >= 15 is 0 Å². The van der Waals surface area contributed by atoms with Gasteiger partial charge in [-0.05, 0) is 262 Å². The van der Waals surface area contributed by atoms with E-state index in [0.717, 1.165) is 70.3 Å². The van der Waals surface area contributed by atoms with Crippen LogP contribution in [0.2, 0.25) is 0 Å². The first-order valence-corrected chi connectivity index (χ1v) is 65.7. The molecule has 0 spiro atoms. The average Bonchev–Trinajstić information content (AvgIpc) is 1.53. The molecule has 0 amide bonds. The summed E-state index contributed by atoms with van der Waals surface area (Å²) < 4.78 is 8.60. The van der Waals surface area contributed by atoms with Crippen LogP contribution in [0.25, 0.3) is 141 Å². The van der Waals surface area contributed by atoms with E-state index < -0.39 is 0 Å². The third kappa shape index (κ3) is 25.8. The van der Waals surface area contributed by atoms with Crippen LogP contribution in [-0.4, -0.2) is 12.7 Å². The summed E-state index contributed by atoms with van der Waals surface area (Å²) in [6.07, 6.45) is 54.9. The Labute approximate surface area is 898 Å². The lowest BCUT2D eigenvalue weighted by molar-refractivity contribution is 0.407. The highest BCUT2D eigenvalue weighted by Gasteiger charge is 2.35. The monoisotopic (exact) mass is 2080 g/mol. The van der Waals surface area contributed by atoms with Crippen molar-refractivity contribution in [1.82, 2.24) is 0 Å². The predicted octanol–water partition coefficient (Wildman–Crippen LogP) is 46.0. The van der Waals surface area contributed by atoms with Crippen LogP contribution in [0.15, 0.2) is 133 Å². The minimum atomic E-state index is 0.388. The second kappa shape index (κ2) is 52.2. The zero-order valence-electron chi connectivity index (χ0n) is 89.8. The molecule has 1 nitrogen and oxygen atoms in total. The Bertz CT molecular complexity index is 6050. The van der Waals surface area contributed by atoms with E-state index in [1.807, 2.05) is 0 Å². The van der Waals surface area contributed by atoms with Gasteiger partial charge < -0.3 is 4.74 Å². The maximum absolute atomic E-state index is 5.72. The zero-order chi connectivity index (χ0) is 98.9. The molecule has 760 valence electrons. The van der Waals surface area contributed by atoms with E-state index in [1.165, 1.54) is 352 Å². The molecular weight excluding hydrogens is 1910 g/mol. The van der Waals surface area contributed by atoms with Crippen LogP contribution in [0.5, 0.6) is 0 Å². The van der Waals surface area contributed by atoms with Crippen molar-refractivity contribution in [2.45, 2.75) is 399 Å². The molecule has 10 aromatic heterocycles. The number of hydrogen-bond donors (Lipinski definition) is 0. The normalized spacial score (nSPS) is 15.4. The van der Waals surface area contributed by atoms with Gasteiger partial charge >= 0.3 is 0 Å². The molecule has 11 heteroatoms. The van der Waals surface area contributed by atoms with Crippen LogP contribution >= 0.6 is 113 Å².